The number of hydrogen-bond acceptors (Lipinski definition) is 2. The van der Waals surface area contributed by atoms with Crippen LogP contribution >= 0.6 is 0 Å². The molecule has 0 atom stereocenters. The predicted molar refractivity (Wildman–Crippen MR) is 88.9 cm³/mol. The highest BCUT2D eigenvalue weighted by Gasteiger charge is 2.15. The van der Waals surface area contributed by atoms with Crippen molar-refractivity contribution in [3.8, 4) is 0 Å². The van der Waals surface area contributed by atoms with Crippen LogP contribution in [0.5, 0.6) is 0 Å². The summed E-state index contributed by atoms with van der Waals surface area (Å²) in [5, 5.41) is 6.43. The van der Waals surface area contributed by atoms with Crippen LogP contribution in [0.25, 0.3) is 0 Å². The molecule has 3 nitrogen and oxygen atoms in total. The maximum absolute atomic E-state index is 12.2. The minimum absolute atomic E-state index is 0.0538. The molecule has 1 fully saturated rings. The number of carbonyl (C=O) groups is 1. The van der Waals surface area contributed by atoms with E-state index in [1.165, 1.54) is 25.7 Å². The first kappa shape index (κ1) is 15.9. The summed E-state index contributed by atoms with van der Waals surface area (Å²) >= 11 is 0. The van der Waals surface area contributed by atoms with Crippen LogP contribution in [0.4, 0.5) is 5.69 Å². The largest absolute Gasteiger partial charge is 0.385 e. The van der Waals surface area contributed by atoms with Gasteiger partial charge < -0.3 is 10.6 Å². The molecule has 0 heterocycles. The van der Waals surface area contributed by atoms with Crippen molar-refractivity contribution in [3.05, 3.63) is 29.3 Å². The van der Waals surface area contributed by atoms with Crippen LogP contribution in [0.1, 0.15) is 61.4 Å². The molecule has 0 radical (unpaired) electrons. The van der Waals surface area contributed by atoms with Gasteiger partial charge in [-0.25, -0.2) is 0 Å². The molecule has 1 aliphatic rings. The topological polar surface area (TPSA) is 41.1 Å². The van der Waals surface area contributed by atoms with Crippen LogP contribution in [-0.4, -0.2) is 19.0 Å². The van der Waals surface area contributed by atoms with Crippen molar-refractivity contribution in [2.24, 2.45) is 5.92 Å². The summed E-state index contributed by atoms with van der Waals surface area (Å²) in [6.07, 6.45) is 7.64. The Hall–Kier alpha value is -1.51. The molecule has 116 valence electrons. The summed E-state index contributed by atoms with van der Waals surface area (Å²) in [7, 11) is 0. The van der Waals surface area contributed by atoms with Crippen LogP contribution in [0.15, 0.2) is 18.2 Å². The molecule has 1 aromatic rings. The molecule has 1 amide bonds. The van der Waals surface area contributed by atoms with E-state index in [2.05, 4.69) is 17.6 Å². The minimum Gasteiger partial charge on any atom is -0.385 e. The third-order valence-electron chi connectivity index (χ3n) is 4.37. The van der Waals surface area contributed by atoms with Gasteiger partial charge in [0.25, 0.3) is 5.91 Å². The first-order chi connectivity index (χ1) is 10.2. The highest BCUT2D eigenvalue weighted by atomic mass is 16.1. The van der Waals surface area contributed by atoms with E-state index in [1.807, 2.05) is 25.1 Å². The average Bonchev–Trinajstić information content (AvgIpc) is 2.99. The van der Waals surface area contributed by atoms with Crippen molar-refractivity contribution < 1.29 is 4.79 Å². The van der Waals surface area contributed by atoms with Crippen LogP contribution in [0, 0.1) is 12.8 Å². The molecule has 0 saturated heterocycles. The van der Waals surface area contributed by atoms with E-state index in [0.29, 0.717) is 0 Å². The number of carbonyl (C=O) groups excluding carboxylic acids is 1. The highest BCUT2D eigenvalue weighted by Crippen LogP contribution is 2.26. The van der Waals surface area contributed by atoms with Gasteiger partial charge in [0.15, 0.2) is 0 Å². The molecule has 1 aliphatic carbocycles. The van der Waals surface area contributed by atoms with Gasteiger partial charge in [0.05, 0.1) is 0 Å². The quantitative estimate of drug-likeness (QED) is 0.792. The third kappa shape index (κ3) is 4.76. The molecule has 2 rings (SSSR count). The van der Waals surface area contributed by atoms with Gasteiger partial charge in [0, 0.05) is 24.3 Å². The normalized spacial score (nSPS) is 15.1. The molecule has 1 aromatic carbocycles. The van der Waals surface area contributed by atoms with Crippen LogP contribution < -0.4 is 10.6 Å². The van der Waals surface area contributed by atoms with Crippen molar-refractivity contribution in [2.45, 2.75) is 52.4 Å². The Bertz CT molecular complexity index is 464. The lowest BCUT2D eigenvalue weighted by Gasteiger charge is -2.12. The first-order valence-electron chi connectivity index (χ1n) is 8.33. The predicted octanol–water partition coefficient (Wildman–Crippen LogP) is 4.13. The van der Waals surface area contributed by atoms with E-state index in [0.717, 1.165) is 48.7 Å². The summed E-state index contributed by atoms with van der Waals surface area (Å²) in [5.74, 6) is 0.880. The number of aryl methyl sites for hydroxylation is 1. The highest BCUT2D eigenvalue weighted by molar-refractivity contribution is 5.94. The minimum atomic E-state index is 0.0538. The molecule has 3 heteroatoms. The van der Waals surface area contributed by atoms with Crippen molar-refractivity contribution in [1.82, 2.24) is 5.32 Å². The molecule has 0 spiro atoms. The van der Waals surface area contributed by atoms with Crippen molar-refractivity contribution in [3.63, 3.8) is 0 Å². The fourth-order valence-corrected chi connectivity index (χ4v) is 3.05. The number of nitrogens with one attached hydrogen (secondary N) is 2. The van der Waals surface area contributed by atoms with E-state index in [1.54, 1.807) is 0 Å². The number of hydrogen-bond donors (Lipinski definition) is 2. The third-order valence-corrected chi connectivity index (χ3v) is 4.37. The SMILES string of the molecule is CCCNc1ccc(C(=O)NCCC2CCCC2)cc1C. The molecule has 0 unspecified atom stereocenters. The summed E-state index contributed by atoms with van der Waals surface area (Å²) in [4.78, 5) is 12.2. The molecule has 1 saturated carbocycles. The lowest BCUT2D eigenvalue weighted by atomic mass is 10.0. The second kappa shape index (κ2) is 8.06. The zero-order chi connectivity index (χ0) is 15.1. The van der Waals surface area contributed by atoms with E-state index in [9.17, 15) is 4.79 Å². The van der Waals surface area contributed by atoms with Crippen molar-refractivity contribution in [2.75, 3.05) is 18.4 Å². The average molecular weight is 288 g/mol. The fourth-order valence-electron chi connectivity index (χ4n) is 3.05. The Balaban J connectivity index is 1.82. The van der Waals surface area contributed by atoms with Gasteiger partial charge in [-0.15, -0.1) is 0 Å². The Labute approximate surface area is 128 Å². The monoisotopic (exact) mass is 288 g/mol. The van der Waals surface area contributed by atoms with E-state index in [4.69, 9.17) is 0 Å². The van der Waals surface area contributed by atoms with Crippen LogP contribution in [0.3, 0.4) is 0 Å². The standard InChI is InChI=1S/C18H28N2O/c1-3-11-19-17-9-8-16(13-14(17)2)18(21)20-12-10-15-6-4-5-7-15/h8-9,13,15,19H,3-7,10-12H2,1-2H3,(H,20,21). The second-order valence-electron chi connectivity index (χ2n) is 6.15. The van der Waals surface area contributed by atoms with Crippen LogP contribution in [0.2, 0.25) is 0 Å². The molecule has 0 aromatic heterocycles. The van der Waals surface area contributed by atoms with Gasteiger partial charge in [-0.1, -0.05) is 32.6 Å². The number of anilines is 1. The Morgan fingerprint density at radius 1 is 1.24 bits per heavy atom. The van der Waals surface area contributed by atoms with E-state index in [-0.39, 0.29) is 5.91 Å². The smallest absolute Gasteiger partial charge is 0.251 e. The summed E-state index contributed by atoms with van der Waals surface area (Å²) in [6.45, 7) is 5.97. The zero-order valence-corrected chi connectivity index (χ0v) is 13.4. The van der Waals surface area contributed by atoms with E-state index >= 15 is 0 Å². The van der Waals surface area contributed by atoms with Gasteiger partial charge in [0.2, 0.25) is 0 Å². The molecule has 0 bridgehead atoms. The maximum atomic E-state index is 12.2. The zero-order valence-electron chi connectivity index (χ0n) is 13.4. The van der Waals surface area contributed by atoms with Crippen molar-refractivity contribution >= 4 is 11.6 Å². The van der Waals surface area contributed by atoms with Crippen molar-refractivity contribution in [1.29, 1.82) is 0 Å². The summed E-state index contributed by atoms with van der Waals surface area (Å²) < 4.78 is 0. The number of benzene rings is 1. The number of rotatable bonds is 7. The molecule has 0 aliphatic heterocycles. The fraction of sp³-hybridized carbons (Fsp3) is 0.611. The van der Waals surface area contributed by atoms with Gasteiger partial charge in [0.1, 0.15) is 0 Å². The van der Waals surface area contributed by atoms with Crippen LogP contribution in [-0.2, 0) is 0 Å². The second-order valence-corrected chi connectivity index (χ2v) is 6.15. The summed E-state index contributed by atoms with van der Waals surface area (Å²) in [5.41, 5.74) is 3.02. The lowest BCUT2D eigenvalue weighted by Crippen LogP contribution is -2.25. The van der Waals surface area contributed by atoms with Gasteiger partial charge in [-0.3, -0.25) is 4.79 Å². The Kier molecular flexibility index (Phi) is 6.09. The van der Waals surface area contributed by atoms with Gasteiger partial charge in [-0.05, 0) is 49.4 Å². The molecule has 21 heavy (non-hydrogen) atoms. The van der Waals surface area contributed by atoms with Gasteiger partial charge >= 0.3 is 0 Å². The summed E-state index contributed by atoms with van der Waals surface area (Å²) in [6, 6.07) is 5.90. The maximum Gasteiger partial charge on any atom is 0.251 e. The Morgan fingerprint density at radius 2 is 2.00 bits per heavy atom. The molecular weight excluding hydrogens is 260 g/mol. The molecule has 2 N–H and O–H groups in total. The number of amides is 1. The Morgan fingerprint density at radius 3 is 2.67 bits per heavy atom. The first-order valence-corrected chi connectivity index (χ1v) is 8.33. The van der Waals surface area contributed by atoms with Gasteiger partial charge in [-0.2, -0.15) is 0 Å². The molecular formula is C18H28N2O. The van der Waals surface area contributed by atoms with E-state index < -0.39 is 0 Å². The lowest BCUT2D eigenvalue weighted by molar-refractivity contribution is 0.0951.